The second-order valence-corrected chi connectivity index (χ2v) is 8.19. The lowest BCUT2D eigenvalue weighted by atomic mass is 10.2. The van der Waals surface area contributed by atoms with Gasteiger partial charge in [0.2, 0.25) is 0 Å². The van der Waals surface area contributed by atoms with Gasteiger partial charge in [0.1, 0.15) is 0 Å². The van der Waals surface area contributed by atoms with Crippen molar-refractivity contribution in [2.75, 3.05) is 36.0 Å². The number of thiazole rings is 1. The third-order valence-electron chi connectivity index (χ3n) is 4.64. The van der Waals surface area contributed by atoms with Gasteiger partial charge >= 0.3 is 11.9 Å². The van der Waals surface area contributed by atoms with Crippen molar-refractivity contribution < 1.29 is 13.2 Å². The van der Waals surface area contributed by atoms with Gasteiger partial charge in [0.15, 0.2) is 10.8 Å². The molecule has 1 aliphatic rings. The van der Waals surface area contributed by atoms with Crippen molar-refractivity contribution in [1.82, 2.24) is 19.7 Å². The molecular formula is C18H16ClF3N6OS. The normalized spacial score (nSPS) is 14.9. The average molecular weight is 457 g/mol. The molecule has 0 unspecified atom stereocenters. The van der Waals surface area contributed by atoms with E-state index in [1.165, 1.54) is 6.20 Å². The first-order valence-electron chi connectivity index (χ1n) is 9.01. The topological polar surface area (TPSA) is 67.2 Å². The Morgan fingerprint density at radius 3 is 2.30 bits per heavy atom. The second-order valence-electron chi connectivity index (χ2n) is 6.63. The minimum Gasteiger partial charge on any atom is -0.368 e. The molecule has 0 spiro atoms. The standard InChI is InChI=1S/C18H16ClF3N6OS/c19-12-1-3-13(4-2-12)26-5-7-27(8-6-26)15-10-24-28(17(29)25-15)11-14-9-23-16(30-14)18(20,21)22/h1-4,9-10H,5-8,11H2. The lowest BCUT2D eigenvalue weighted by Crippen LogP contribution is -2.47. The molecule has 2 aromatic heterocycles. The molecule has 0 saturated carbocycles. The molecule has 4 rings (SSSR count). The number of piperazine rings is 1. The summed E-state index contributed by atoms with van der Waals surface area (Å²) in [5.74, 6) is 0.451. The van der Waals surface area contributed by atoms with E-state index < -0.39 is 16.9 Å². The van der Waals surface area contributed by atoms with Crippen LogP contribution in [0.15, 0.2) is 41.5 Å². The van der Waals surface area contributed by atoms with Crippen LogP contribution in [0.25, 0.3) is 0 Å². The summed E-state index contributed by atoms with van der Waals surface area (Å²) in [7, 11) is 0. The quantitative estimate of drug-likeness (QED) is 0.601. The van der Waals surface area contributed by atoms with Crippen LogP contribution in [0, 0.1) is 0 Å². The van der Waals surface area contributed by atoms with Crippen LogP contribution < -0.4 is 15.5 Å². The van der Waals surface area contributed by atoms with Gasteiger partial charge in [-0.1, -0.05) is 11.6 Å². The van der Waals surface area contributed by atoms with Gasteiger partial charge in [-0.25, -0.2) is 14.5 Å². The van der Waals surface area contributed by atoms with E-state index in [2.05, 4.69) is 20.0 Å². The fourth-order valence-corrected chi connectivity index (χ4v) is 4.01. The highest BCUT2D eigenvalue weighted by Gasteiger charge is 2.34. The zero-order valence-corrected chi connectivity index (χ0v) is 17.1. The van der Waals surface area contributed by atoms with Crippen molar-refractivity contribution in [3.05, 3.63) is 62.1 Å². The lowest BCUT2D eigenvalue weighted by molar-refractivity contribution is -0.137. The number of aromatic nitrogens is 4. The first-order valence-corrected chi connectivity index (χ1v) is 10.2. The molecule has 1 fully saturated rings. The van der Waals surface area contributed by atoms with Crippen molar-refractivity contribution in [3.8, 4) is 0 Å². The maximum absolute atomic E-state index is 12.7. The number of nitrogens with zero attached hydrogens (tertiary/aromatic N) is 6. The molecule has 3 aromatic rings. The molecule has 0 aliphatic carbocycles. The van der Waals surface area contributed by atoms with Gasteiger partial charge in [-0.3, -0.25) is 0 Å². The lowest BCUT2D eigenvalue weighted by Gasteiger charge is -2.36. The molecule has 0 amide bonds. The zero-order valence-electron chi connectivity index (χ0n) is 15.5. The van der Waals surface area contributed by atoms with Crippen LogP contribution in [-0.2, 0) is 12.7 Å². The molecule has 3 heterocycles. The molecule has 0 N–H and O–H groups in total. The van der Waals surface area contributed by atoms with E-state index >= 15 is 0 Å². The Morgan fingerprint density at radius 1 is 1.03 bits per heavy atom. The third kappa shape index (κ3) is 4.57. The maximum Gasteiger partial charge on any atom is 0.443 e. The molecule has 7 nitrogen and oxygen atoms in total. The summed E-state index contributed by atoms with van der Waals surface area (Å²) >= 11 is 6.41. The summed E-state index contributed by atoms with van der Waals surface area (Å²) in [6.07, 6.45) is -1.94. The molecule has 0 bridgehead atoms. The van der Waals surface area contributed by atoms with Crippen LogP contribution >= 0.6 is 22.9 Å². The Bertz CT molecular complexity index is 1080. The van der Waals surface area contributed by atoms with Crippen LogP contribution in [0.1, 0.15) is 9.88 Å². The highest BCUT2D eigenvalue weighted by atomic mass is 35.5. The highest BCUT2D eigenvalue weighted by Crippen LogP contribution is 2.32. The summed E-state index contributed by atoms with van der Waals surface area (Å²) in [6.45, 7) is 2.69. The third-order valence-corrected chi connectivity index (χ3v) is 5.92. The van der Waals surface area contributed by atoms with Crippen molar-refractivity contribution in [3.63, 3.8) is 0 Å². The van der Waals surface area contributed by atoms with Gasteiger partial charge < -0.3 is 9.80 Å². The average Bonchev–Trinajstić information content (AvgIpc) is 3.20. The molecule has 0 radical (unpaired) electrons. The van der Waals surface area contributed by atoms with Crippen molar-refractivity contribution in [2.24, 2.45) is 0 Å². The van der Waals surface area contributed by atoms with E-state index in [1.807, 2.05) is 29.2 Å². The van der Waals surface area contributed by atoms with E-state index in [1.54, 1.807) is 0 Å². The van der Waals surface area contributed by atoms with Gasteiger partial charge in [0.05, 0.1) is 12.7 Å². The predicted octanol–water partition coefficient (Wildman–Crippen LogP) is 3.14. The van der Waals surface area contributed by atoms with E-state index in [0.29, 0.717) is 35.3 Å². The van der Waals surface area contributed by atoms with E-state index in [0.717, 1.165) is 29.7 Å². The number of hydrogen-bond acceptors (Lipinski definition) is 7. The summed E-state index contributed by atoms with van der Waals surface area (Å²) < 4.78 is 39.0. The second kappa shape index (κ2) is 8.23. The van der Waals surface area contributed by atoms with Crippen LogP contribution in [0.4, 0.5) is 24.7 Å². The predicted molar refractivity (Wildman–Crippen MR) is 108 cm³/mol. The first-order chi connectivity index (χ1) is 14.3. The van der Waals surface area contributed by atoms with Crippen molar-refractivity contribution >= 4 is 34.4 Å². The van der Waals surface area contributed by atoms with Crippen LogP contribution in [-0.4, -0.2) is 45.9 Å². The Kier molecular flexibility index (Phi) is 5.65. The first kappa shape index (κ1) is 20.6. The number of anilines is 2. The summed E-state index contributed by atoms with van der Waals surface area (Å²) in [5, 5.41) is 3.81. The Labute approximate surface area is 178 Å². The van der Waals surface area contributed by atoms with E-state index in [-0.39, 0.29) is 11.4 Å². The van der Waals surface area contributed by atoms with Gasteiger partial charge in [0.25, 0.3) is 0 Å². The monoisotopic (exact) mass is 456 g/mol. The number of halogens is 4. The smallest absolute Gasteiger partial charge is 0.368 e. The van der Waals surface area contributed by atoms with Crippen molar-refractivity contribution in [1.29, 1.82) is 0 Å². The molecular weight excluding hydrogens is 441 g/mol. The minimum absolute atomic E-state index is 0.107. The number of rotatable bonds is 4. The highest BCUT2D eigenvalue weighted by molar-refractivity contribution is 7.11. The van der Waals surface area contributed by atoms with Gasteiger partial charge in [-0.2, -0.15) is 23.3 Å². The van der Waals surface area contributed by atoms with E-state index in [9.17, 15) is 18.0 Å². The molecule has 158 valence electrons. The summed E-state index contributed by atoms with van der Waals surface area (Å²) in [6, 6.07) is 7.61. The van der Waals surface area contributed by atoms with E-state index in [4.69, 9.17) is 11.6 Å². The molecule has 1 saturated heterocycles. The molecule has 0 atom stereocenters. The van der Waals surface area contributed by atoms with Gasteiger partial charge in [-0.05, 0) is 24.3 Å². The Balaban J connectivity index is 1.40. The Hall–Kier alpha value is -2.66. The SMILES string of the molecule is O=c1nc(N2CCN(c3ccc(Cl)cc3)CC2)cnn1Cc1cnc(C(F)(F)F)s1. The fraction of sp³-hybridized carbons (Fsp3) is 0.333. The van der Waals surface area contributed by atoms with Gasteiger partial charge in [-0.15, -0.1) is 11.3 Å². The molecule has 1 aliphatic heterocycles. The molecule has 1 aromatic carbocycles. The minimum atomic E-state index is -4.50. The summed E-state index contributed by atoms with van der Waals surface area (Å²) in [5.41, 5.74) is 0.456. The number of hydrogen-bond donors (Lipinski definition) is 0. The zero-order chi connectivity index (χ0) is 21.3. The number of benzene rings is 1. The molecule has 12 heteroatoms. The largest absolute Gasteiger partial charge is 0.443 e. The summed E-state index contributed by atoms with van der Waals surface area (Å²) in [4.78, 5) is 24.2. The van der Waals surface area contributed by atoms with Crippen LogP contribution in [0.2, 0.25) is 5.02 Å². The Morgan fingerprint density at radius 2 is 1.70 bits per heavy atom. The maximum atomic E-state index is 12.7. The number of alkyl halides is 3. The molecule has 30 heavy (non-hydrogen) atoms. The van der Waals surface area contributed by atoms with Crippen molar-refractivity contribution in [2.45, 2.75) is 12.7 Å². The van der Waals surface area contributed by atoms with Crippen LogP contribution in [0.5, 0.6) is 0 Å². The van der Waals surface area contributed by atoms with Gasteiger partial charge in [0, 0.05) is 48.0 Å². The fourth-order valence-electron chi connectivity index (χ4n) is 3.12. The van der Waals surface area contributed by atoms with Crippen LogP contribution in [0.3, 0.4) is 0 Å².